The van der Waals surface area contributed by atoms with Crippen LogP contribution in [0, 0.1) is 0 Å². The average Bonchev–Trinajstić information content (AvgIpc) is 3.47. The maximum Gasteiger partial charge on any atom is 0.222 e. The van der Waals surface area contributed by atoms with Gasteiger partial charge in [0.05, 0.1) is 12.8 Å². The number of aromatic nitrogens is 2. The molecule has 1 N–H and O–H groups in total. The summed E-state index contributed by atoms with van der Waals surface area (Å²) in [6.45, 7) is 1.63. The third-order valence-electron chi connectivity index (χ3n) is 5.58. The van der Waals surface area contributed by atoms with E-state index in [0.717, 1.165) is 44.5 Å². The number of hydrogen-bond acceptors (Lipinski definition) is 3. The Morgan fingerprint density at radius 3 is 2.73 bits per heavy atom. The molecule has 0 saturated heterocycles. The first-order valence-corrected chi connectivity index (χ1v) is 9.71. The van der Waals surface area contributed by atoms with Gasteiger partial charge in [0.2, 0.25) is 5.91 Å². The number of H-pyrrole nitrogens is 1. The van der Waals surface area contributed by atoms with Crippen LogP contribution in [-0.4, -0.2) is 41.2 Å². The summed E-state index contributed by atoms with van der Waals surface area (Å²) in [6, 6.07) is 8.11. The second kappa shape index (κ2) is 7.52. The summed E-state index contributed by atoms with van der Waals surface area (Å²) in [5, 5.41) is 7.75. The van der Waals surface area contributed by atoms with E-state index in [4.69, 9.17) is 4.74 Å². The van der Waals surface area contributed by atoms with Gasteiger partial charge in [-0.25, -0.2) is 0 Å². The molecule has 0 bridgehead atoms. The number of benzene rings is 1. The number of carbonyl (C=O) groups is 1. The van der Waals surface area contributed by atoms with Crippen molar-refractivity contribution in [1.82, 2.24) is 15.1 Å². The molecular weight excluding hydrogens is 326 g/mol. The minimum absolute atomic E-state index is 0.282. The second-order valence-electron chi connectivity index (χ2n) is 7.42. The molecule has 2 aliphatic rings. The summed E-state index contributed by atoms with van der Waals surface area (Å²) in [5.74, 6) is 1.82. The van der Waals surface area contributed by atoms with Gasteiger partial charge in [0.15, 0.2) is 0 Å². The molecule has 0 radical (unpaired) electrons. The second-order valence-corrected chi connectivity index (χ2v) is 7.42. The van der Waals surface area contributed by atoms with E-state index >= 15 is 0 Å². The van der Waals surface area contributed by atoms with Gasteiger partial charge in [-0.15, -0.1) is 0 Å². The van der Waals surface area contributed by atoms with E-state index in [2.05, 4.69) is 22.3 Å². The number of ether oxygens (including phenoxy) is 1. The SMILES string of the molecule is COc1ccc(CCCC(=O)N2CCc3[nH]nc(C4CC4)c3CC2)cc1. The third-order valence-corrected chi connectivity index (χ3v) is 5.58. The van der Waals surface area contributed by atoms with Crippen molar-refractivity contribution in [3.05, 3.63) is 46.8 Å². The van der Waals surface area contributed by atoms with Crippen LogP contribution in [0.3, 0.4) is 0 Å². The molecule has 1 aromatic heterocycles. The Kier molecular flexibility index (Phi) is 4.96. The van der Waals surface area contributed by atoms with Crippen LogP contribution in [0.5, 0.6) is 5.75 Å². The first-order valence-electron chi connectivity index (χ1n) is 9.71. The van der Waals surface area contributed by atoms with Gasteiger partial charge in [-0.1, -0.05) is 12.1 Å². The first-order chi connectivity index (χ1) is 12.7. The minimum Gasteiger partial charge on any atom is -0.497 e. The number of aromatic amines is 1. The van der Waals surface area contributed by atoms with Gasteiger partial charge in [0.1, 0.15) is 5.75 Å². The van der Waals surface area contributed by atoms with E-state index in [1.807, 2.05) is 17.0 Å². The Morgan fingerprint density at radius 1 is 1.23 bits per heavy atom. The van der Waals surface area contributed by atoms with Gasteiger partial charge in [-0.2, -0.15) is 5.10 Å². The van der Waals surface area contributed by atoms with E-state index in [-0.39, 0.29) is 5.91 Å². The molecular formula is C21H27N3O2. The van der Waals surface area contributed by atoms with Gasteiger partial charge in [0.25, 0.3) is 0 Å². The maximum atomic E-state index is 12.6. The zero-order valence-corrected chi connectivity index (χ0v) is 15.5. The predicted octanol–water partition coefficient (Wildman–Crippen LogP) is 3.25. The fourth-order valence-corrected chi connectivity index (χ4v) is 3.85. The molecule has 2 heterocycles. The number of nitrogens with one attached hydrogen (secondary N) is 1. The fraction of sp³-hybridized carbons (Fsp3) is 0.524. The molecule has 4 rings (SSSR count). The van der Waals surface area contributed by atoms with Crippen LogP contribution < -0.4 is 4.74 Å². The number of fused-ring (bicyclic) bond motifs is 1. The number of hydrogen-bond donors (Lipinski definition) is 1. The Morgan fingerprint density at radius 2 is 2.00 bits per heavy atom. The summed E-state index contributed by atoms with van der Waals surface area (Å²) in [6.07, 6.45) is 6.83. The van der Waals surface area contributed by atoms with Crippen molar-refractivity contribution in [1.29, 1.82) is 0 Å². The normalized spacial score (nSPS) is 16.9. The number of amides is 1. The molecule has 0 atom stereocenters. The highest BCUT2D eigenvalue weighted by Gasteiger charge is 2.31. The Bertz CT molecular complexity index is 762. The zero-order chi connectivity index (χ0) is 17.9. The number of methoxy groups -OCH3 is 1. The third kappa shape index (κ3) is 3.76. The lowest BCUT2D eigenvalue weighted by Crippen LogP contribution is -2.33. The van der Waals surface area contributed by atoms with Crippen LogP contribution in [-0.2, 0) is 24.1 Å². The molecule has 0 unspecified atom stereocenters. The predicted molar refractivity (Wildman–Crippen MR) is 100 cm³/mol. The number of carbonyl (C=O) groups excluding carboxylic acids is 1. The van der Waals surface area contributed by atoms with Crippen molar-refractivity contribution < 1.29 is 9.53 Å². The van der Waals surface area contributed by atoms with E-state index in [9.17, 15) is 4.79 Å². The van der Waals surface area contributed by atoms with Crippen LogP contribution in [0.4, 0.5) is 0 Å². The molecule has 1 aliphatic carbocycles. The zero-order valence-electron chi connectivity index (χ0n) is 15.5. The van der Waals surface area contributed by atoms with E-state index in [1.165, 1.54) is 35.4 Å². The Balaban J connectivity index is 1.27. The van der Waals surface area contributed by atoms with Crippen LogP contribution >= 0.6 is 0 Å². The molecule has 1 aromatic carbocycles. The van der Waals surface area contributed by atoms with Crippen molar-refractivity contribution in [2.45, 2.75) is 50.9 Å². The molecule has 1 saturated carbocycles. The van der Waals surface area contributed by atoms with Crippen molar-refractivity contribution in [3.63, 3.8) is 0 Å². The Labute approximate surface area is 154 Å². The Hall–Kier alpha value is -2.30. The molecule has 138 valence electrons. The van der Waals surface area contributed by atoms with Crippen LogP contribution in [0.25, 0.3) is 0 Å². The van der Waals surface area contributed by atoms with E-state index in [1.54, 1.807) is 7.11 Å². The van der Waals surface area contributed by atoms with Gasteiger partial charge >= 0.3 is 0 Å². The van der Waals surface area contributed by atoms with Gasteiger partial charge < -0.3 is 9.64 Å². The molecule has 26 heavy (non-hydrogen) atoms. The number of aryl methyl sites for hydroxylation is 1. The van der Waals surface area contributed by atoms with Crippen LogP contribution in [0.15, 0.2) is 24.3 Å². The van der Waals surface area contributed by atoms with Gasteiger partial charge in [-0.05, 0) is 55.4 Å². The minimum atomic E-state index is 0.282. The lowest BCUT2D eigenvalue weighted by Gasteiger charge is -2.20. The van der Waals surface area contributed by atoms with Crippen molar-refractivity contribution >= 4 is 5.91 Å². The fourth-order valence-electron chi connectivity index (χ4n) is 3.85. The lowest BCUT2D eigenvalue weighted by atomic mass is 10.1. The number of nitrogens with zero attached hydrogens (tertiary/aromatic N) is 2. The standard InChI is InChI=1S/C21H27N3O2/c1-26-17-9-5-15(6-10-17)3-2-4-20(25)24-13-11-18-19(12-14-24)22-23-21(18)16-7-8-16/h5-6,9-10,16H,2-4,7-8,11-14H2,1H3,(H,22,23). The molecule has 5 nitrogen and oxygen atoms in total. The largest absolute Gasteiger partial charge is 0.497 e. The summed E-state index contributed by atoms with van der Waals surface area (Å²) >= 11 is 0. The maximum absolute atomic E-state index is 12.6. The highest BCUT2D eigenvalue weighted by molar-refractivity contribution is 5.76. The smallest absolute Gasteiger partial charge is 0.222 e. The van der Waals surface area contributed by atoms with Crippen molar-refractivity contribution in [2.24, 2.45) is 0 Å². The van der Waals surface area contributed by atoms with Gasteiger partial charge in [0, 0.05) is 37.5 Å². The highest BCUT2D eigenvalue weighted by atomic mass is 16.5. The van der Waals surface area contributed by atoms with Crippen molar-refractivity contribution in [2.75, 3.05) is 20.2 Å². The molecule has 2 aromatic rings. The summed E-state index contributed by atoms with van der Waals surface area (Å²) in [7, 11) is 1.68. The van der Waals surface area contributed by atoms with E-state index < -0.39 is 0 Å². The topological polar surface area (TPSA) is 58.2 Å². The van der Waals surface area contributed by atoms with Crippen molar-refractivity contribution in [3.8, 4) is 5.75 Å². The average molecular weight is 353 g/mol. The summed E-state index contributed by atoms with van der Waals surface area (Å²) in [4.78, 5) is 14.7. The monoisotopic (exact) mass is 353 g/mol. The highest BCUT2D eigenvalue weighted by Crippen LogP contribution is 2.41. The van der Waals surface area contributed by atoms with E-state index in [0.29, 0.717) is 12.3 Å². The molecule has 0 spiro atoms. The van der Waals surface area contributed by atoms with Crippen LogP contribution in [0.2, 0.25) is 0 Å². The number of rotatable bonds is 6. The quantitative estimate of drug-likeness (QED) is 0.867. The molecule has 1 fully saturated rings. The lowest BCUT2D eigenvalue weighted by molar-refractivity contribution is -0.131. The summed E-state index contributed by atoms with van der Waals surface area (Å²) < 4.78 is 5.18. The van der Waals surface area contributed by atoms with Gasteiger partial charge in [-0.3, -0.25) is 9.89 Å². The van der Waals surface area contributed by atoms with Crippen LogP contribution in [0.1, 0.15) is 54.1 Å². The molecule has 1 aliphatic heterocycles. The summed E-state index contributed by atoms with van der Waals surface area (Å²) in [5.41, 5.74) is 5.17. The molecule has 1 amide bonds. The first kappa shape index (κ1) is 17.1. The molecule has 5 heteroatoms.